The third kappa shape index (κ3) is 5.72. The quantitative estimate of drug-likeness (QED) is 0.472. The Kier molecular flexibility index (Phi) is 9.08. The van der Waals surface area contributed by atoms with Gasteiger partial charge < -0.3 is 9.47 Å². The van der Waals surface area contributed by atoms with E-state index in [2.05, 4.69) is 31.7 Å². The molecule has 1 unspecified atom stereocenters. The van der Waals surface area contributed by atoms with Gasteiger partial charge in [0.15, 0.2) is 0 Å². The van der Waals surface area contributed by atoms with E-state index in [-0.39, 0.29) is 0 Å². The van der Waals surface area contributed by atoms with E-state index in [1.165, 1.54) is 11.1 Å². The molecule has 0 fully saturated rings. The molecule has 0 radical (unpaired) electrons. The molecular weight excluding hydrogens is 284 g/mol. The SMILES string of the molecule is C=C/C=C\C1=C(C)Oc2ccccc2C(COCCC)C1.CC. The van der Waals surface area contributed by atoms with E-state index in [0.717, 1.165) is 37.6 Å². The molecule has 126 valence electrons. The Balaban J connectivity index is 0.00000127. The van der Waals surface area contributed by atoms with Gasteiger partial charge in [-0.1, -0.05) is 63.8 Å². The lowest BCUT2D eigenvalue weighted by molar-refractivity contribution is 0.120. The molecule has 2 nitrogen and oxygen atoms in total. The maximum atomic E-state index is 6.04. The molecule has 0 N–H and O–H groups in total. The molecule has 0 aliphatic carbocycles. The summed E-state index contributed by atoms with van der Waals surface area (Å²) in [6, 6.07) is 8.25. The number of para-hydroxylation sites is 1. The summed E-state index contributed by atoms with van der Waals surface area (Å²) in [6.45, 7) is 13.4. The van der Waals surface area contributed by atoms with Crippen molar-refractivity contribution >= 4 is 0 Å². The first kappa shape index (κ1) is 19.2. The molecule has 1 heterocycles. The summed E-state index contributed by atoms with van der Waals surface area (Å²) in [4.78, 5) is 0. The number of hydrogen-bond donors (Lipinski definition) is 0. The van der Waals surface area contributed by atoms with Gasteiger partial charge in [-0.25, -0.2) is 0 Å². The minimum absolute atomic E-state index is 0.328. The molecule has 2 heteroatoms. The van der Waals surface area contributed by atoms with Gasteiger partial charge in [0.25, 0.3) is 0 Å². The first-order valence-electron chi connectivity index (χ1n) is 8.59. The molecule has 23 heavy (non-hydrogen) atoms. The molecule has 1 atom stereocenters. The second-order valence-electron chi connectivity index (χ2n) is 5.29. The van der Waals surface area contributed by atoms with Crippen LogP contribution in [0, 0.1) is 0 Å². The van der Waals surface area contributed by atoms with E-state index in [1.54, 1.807) is 6.08 Å². The summed E-state index contributed by atoms with van der Waals surface area (Å²) in [5.74, 6) is 2.23. The zero-order valence-electron chi connectivity index (χ0n) is 15.0. The molecule has 0 spiro atoms. The van der Waals surface area contributed by atoms with Crippen LogP contribution in [0.1, 0.15) is 52.0 Å². The second-order valence-corrected chi connectivity index (χ2v) is 5.29. The number of allylic oxidation sites excluding steroid dienone is 5. The second kappa shape index (κ2) is 10.8. The molecule has 0 saturated carbocycles. The van der Waals surface area contributed by atoms with Crippen LogP contribution in [-0.2, 0) is 4.74 Å². The predicted octanol–water partition coefficient (Wildman–Crippen LogP) is 6.02. The largest absolute Gasteiger partial charge is 0.461 e. The summed E-state index contributed by atoms with van der Waals surface area (Å²) >= 11 is 0. The van der Waals surface area contributed by atoms with E-state index in [0.29, 0.717) is 5.92 Å². The summed E-state index contributed by atoms with van der Waals surface area (Å²) in [5.41, 5.74) is 2.44. The van der Waals surface area contributed by atoms with Crippen molar-refractivity contribution in [1.82, 2.24) is 0 Å². The van der Waals surface area contributed by atoms with Crippen LogP contribution in [0.5, 0.6) is 5.75 Å². The number of fused-ring (bicyclic) bond motifs is 1. The smallest absolute Gasteiger partial charge is 0.130 e. The van der Waals surface area contributed by atoms with E-state index in [4.69, 9.17) is 9.47 Å². The Morgan fingerprint density at radius 2 is 2.04 bits per heavy atom. The minimum atomic E-state index is 0.328. The average Bonchev–Trinajstić information content (AvgIpc) is 2.72. The Hall–Kier alpha value is -1.80. The van der Waals surface area contributed by atoms with Crippen molar-refractivity contribution in [2.24, 2.45) is 0 Å². The molecule has 1 aromatic carbocycles. The molecule has 0 amide bonds. The van der Waals surface area contributed by atoms with Gasteiger partial charge in [-0.2, -0.15) is 0 Å². The van der Waals surface area contributed by atoms with Gasteiger partial charge >= 0.3 is 0 Å². The summed E-state index contributed by atoms with van der Waals surface area (Å²) < 4.78 is 11.8. The van der Waals surface area contributed by atoms with Crippen molar-refractivity contribution in [2.45, 2.75) is 46.5 Å². The van der Waals surface area contributed by atoms with Gasteiger partial charge in [0.2, 0.25) is 0 Å². The Morgan fingerprint density at radius 1 is 1.30 bits per heavy atom. The third-order valence-corrected chi connectivity index (χ3v) is 3.64. The molecule has 1 aliphatic heterocycles. The van der Waals surface area contributed by atoms with Gasteiger partial charge in [0.05, 0.1) is 6.61 Å². The predicted molar refractivity (Wildman–Crippen MR) is 98.9 cm³/mol. The van der Waals surface area contributed by atoms with E-state index in [9.17, 15) is 0 Å². The van der Waals surface area contributed by atoms with Crippen molar-refractivity contribution in [3.63, 3.8) is 0 Å². The molecule has 1 aliphatic rings. The van der Waals surface area contributed by atoms with Crippen LogP contribution < -0.4 is 4.74 Å². The van der Waals surface area contributed by atoms with Crippen LogP contribution in [0.2, 0.25) is 0 Å². The summed E-state index contributed by atoms with van der Waals surface area (Å²) in [5, 5.41) is 0. The fraction of sp³-hybridized carbons (Fsp3) is 0.429. The normalized spacial score (nSPS) is 17.0. The maximum Gasteiger partial charge on any atom is 0.130 e. The molecule has 2 rings (SSSR count). The number of ether oxygens (including phenoxy) is 2. The highest BCUT2D eigenvalue weighted by Crippen LogP contribution is 2.37. The highest BCUT2D eigenvalue weighted by atomic mass is 16.5. The van der Waals surface area contributed by atoms with Crippen molar-refractivity contribution in [2.75, 3.05) is 13.2 Å². The summed E-state index contributed by atoms with van der Waals surface area (Å²) in [6.07, 6.45) is 7.81. The fourth-order valence-corrected chi connectivity index (χ4v) is 2.55. The van der Waals surface area contributed by atoms with Crippen molar-refractivity contribution in [3.05, 3.63) is 66.0 Å². The molecule has 0 aromatic heterocycles. The molecule has 0 bridgehead atoms. The van der Waals surface area contributed by atoms with E-state index >= 15 is 0 Å². The highest BCUT2D eigenvalue weighted by Gasteiger charge is 2.22. The lowest BCUT2D eigenvalue weighted by Crippen LogP contribution is -2.09. The van der Waals surface area contributed by atoms with Gasteiger partial charge in [-0.15, -0.1) is 0 Å². The Morgan fingerprint density at radius 3 is 2.74 bits per heavy atom. The Bertz CT molecular complexity index is 541. The van der Waals surface area contributed by atoms with Gasteiger partial charge in [0, 0.05) is 18.1 Å². The van der Waals surface area contributed by atoms with Crippen molar-refractivity contribution in [1.29, 1.82) is 0 Å². The van der Waals surface area contributed by atoms with Gasteiger partial charge in [0.1, 0.15) is 11.5 Å². The lowest BCUT2D eigenvalue weighted by Gasteiger charge is -2.17. The van der Waals surface area contributed by atoms with Crippen LogP contribution in [0.3, 0.4) is 0 Å². The standard InChI is InChI=1S/C19H24O2.C2H6/c1-4-6-9-16-13-17(14-20-12-5-2)18-10-7-8-11-19(18)21-15(16)3;1-2/h4,6-11,17H,1,5,12-14H2,2-3H3;1-2H3/b9-6-;. The van der Waals surface area contributed by atoms with Crippen molar-refractivity contribution < 1.29 is 9.47 Å². The minimum Gasteiger partial charge on any atom is -0.461 e. The Labute approximate surface area is 141 Å². The molecule has 1 aromatic rings. The molecule has 0 saturated heterocycles. The number of rotatable bonds is 6. The topological polar surface area (TPSA) is 18.5 Å². The number of hydrogen-bond acceptors (Lipinski definition) is 2. The molecular formula is C21H30O2. The van der Waals surface area contributed by atoms with Crippen LogP contribution in [0.4, 0.5) is 0 Å². The van der Waals surface area contributed by atoms with Crippen LogP contribution in [-0.4, -0.2) is 13.2 Å². The number of benzene rings is 1. The zero-order chi connectivity index (χ0) is 17.1. The van der Waals surface area contributed by atoms with Crippen LogP contribution in [0.25, 0.3) is 0 Å². The van der Waals surface area contributed by atoms with Crippen molar-refractivity contribution in [3.8, 4) is 5.75 Å². The van der Waals surface area contributed by atoms with Gasteiger partial charge in [-0.3, -0.25) is 0 Å². The monoisotopic (exact) mass is 314 g/mol. The van der Waals surface area contributed by atoms with Gasteiger partial charge in [-0.05, 0) is 31.4 Å². The van der Waals surface area contributed by atoms with E-state index in [1.807, 2.05) is 39.0 Å². The van der Waals surface area contributed by atoms with E-state index < -0.39 is 0 Å². The maximum absolute atomic E-state index is 6.04. The zero-order valence-corrected chi connectivity index (χ0v) is 15.0. The third-order valence-electron chi connectivity index (χ3n) is 3.64. The summed E-state index contributed by atoms with van der Waals surface area (Å²) in [7, 11) is 0. The first-order chi connectivity index (χ1) is 11.3. The fourth-order valence-electron chi connectivity index (χ4n) is 2.55. The average molecular weight is 314 g/mol. The van der Waals surface area contributed by atoms with Crippen LogP contribution >= 0.6 is 0 Å². The highest BCUT2D eigenvalue weighted by molar-refractivity contribution is 5.42. The first-order valence-corrected chi connectivity index (χ1v) is 8.59. The lowest BCUT2D eigenvalue weighted by atomic mass is 9.92. The van der Waals surface area contributed by atoms with Crippen LogP contribution in [0.15, 0.2) is 60.4 Å².